The molecule has 132 valence electrons. The topological polar surface area (TPSA) is 54.3 Å². The van der Waals surface area contributed by atoms with Gasteiger partial charge in [0.25, 0.3) is 5.91 Å². The van der Waals surface area contributed by atoms with E-state index in [-0.39, 0.29) is 5.91 Å². The van der Waals surface area contributed by atoms with Crippen LogP contribution in [0.1, 0.15) is 47.9 Å². The van der Waals surface area contributed by atoms with Crippen LogP contribution in [0.5, 0.6) is 0 Å². The molecule has 0 bridgehead atoms. The van der Waals surface area contributed by atoms with Crippen LogP contribution in [0.3, 0.4) is 0 Å². The normalized spacial score (nSPS) is 20.9. The van der Waals surface area contributed by atoms with Gasteiger partial charge in [-0.3, -0.25) is 4.79 Å². The van der Waals surface area contributed by atoms with Crippen molar-refractivity contribution < 1.29 is 4.79 Å². The first-order chi connectivity index (χ1) is 12.2. The van der Waals surface area contributed by atoms with E-state index >= 15 is 0 Å². The molecule has 2 aliphatic heterocycles. The monoisotopic (exact) mass is 339 g/mol. The molecule has 0 N–H and O–H groups in total. The van der Waals surface area contributed by atoms with Crippen molar-refractivity contribution in [2.24, 2.45) is 0 Å². The zero-order chi connectivity index (χ0) is 17.2. The molecular weight excluding hydrogens is 314 g/mol. The van der Waals surface area contributed by atoms with Crippen molar-refractivity contribution in [2.75, 3.05) is 31.1 Å². The first-order valence-corrected chi connectivity index (χ1v) is 9.22. The molecule has 0 saturated carbocycles. The van der Waals surface area contributed by atoms with Crippen LogP contribution in [0.15, 0.2) is 30.7 Å². The van der Waals surface area contributed by atoms with Crippen molar-refractivity contribution >= 4 is 11.7 Å². The van der Waals surface area contributed by atoms with Gasteiger partial charge in [-0.25, -0.2) is 9.97 Å². The van der Waals surface area contributed by atoms with Crippen LogP contribution >= 0.6 is 0 Å². The molecule has 2 aromatic heterocycles. The molecule has 6 heteroatoms. The molecule has 2 saturated heterocycles. The van der Waals surface area contributed by atoms with E-state index in [9.17, 15) is 4.79 Å². The van der Waals surface area contributed by atoms with Gasteiger partial charge in [0.1, 0.15) is 11.6 Å². The Morgan fingerprint density at radius 2 is 1.96 bits per heavy atom. The molecule has 2 fully saturated rings. The van der Waals surface area contributed by atoms with Crippen LogP contribution in [-0.2, 0) is 0 Å². The maximum Gasteiger partial charge on any atom is 0.255 e. The Labute approximate surface area is 148 Å². The largest absolute Gasteiger partial charge is 0.357 e. The molecule has 0 spiro atoms. The first kappa shape index (κ1) is 16.1. The third-order valence-electron chi connectivity index (χ3n) is 5.36. The van der Waals surface area contributed by atoms with E-state index in [1.54, 1.807) is 6.20 Å². The number of rotatable bonds is 3. The first-order valence-electron chi connectivity index (χ1n) is 9.22. The Bertz CT molecular complexity index is 733. The van der Waals surface area contributed by atoms with Crippen molar-refractivity contribution in [3.63, 3.8) is 0 Å². The average Bonchev–Trinajstić information content (AvgIpc) is 3.33. The maximum atomic E-state index is 12.9. The second kappa shape index (κ2) is 6.86. The average molecular weight is 339 g/mol. The van der Waals surface area contributed by atoms with Crippen molar-refractivity contribution in [3.8, 4) is 0 Å². The Hall–Kier alpha value is -2.37. The zero-order valence-electron chi connectivity index (χ0n) is 14.8. The molecular formula is C19H25N5O. The highest BCUT2D eigenvalue weighted by Crippen LogP contribution is 2.24. The lowest BCUT2D eigenvalue weighted by atomic mass is 10.0. The highest BCUT2D eigenvalue weighted by molar-refractivity contribution is 5.94. The Balaban J connectivity index is 1.45. The van der Waals surface area contributed by atoms with E-state index in [4.69, 9.17) is 0 Å². The van der Waals surface area contributed by atoms with Gasteiger partial charge in [-0.1, -0.05) is 0 Å². The van der Waals surface area contributed by atoms with Gasteiger partial charge in [-0.05, 0) is 44.7 Å². The van der Waals surface area contributed by atoms with Crippen LogP contribution in [0.4, 0.5) is 5.82 Å². The van der Waals surface area contributed by atoms with E-state index in [0.717, 1.165) is 50.7 Å². The fourth-order valence-electron chi connectivity index (χ4n) is 3.97. The molecule has 4 heterocycles. The standard InChI is InChI=1S/C19H25N5O/c1-15-20-8-12-24(15)17-5-4-11-23(14-17)19(25)16-6-7-18(21-13-16)22-9-2-3-10-22/h6-8,12-13,17H,2-5,9-11,14H2,1H3. The number of likely N-dealkylation sites (tertiary alicyclic amines) is 1. The third-order valence-corrected chi connectivity index (χ3v) is 5.36. The quantitative estimate of drug-likeness (QED) is 0.863. The number of hydrogen-bond acceptors (Lipinski definition) is 4. The van der Waals surface area contributed by atoms with Gasteiger partial charge in [-0.15, -0.1) is 0 Å². The number of aryl methyl sites for hydroxylation is 1. The summed E-state index contributed by atoms with van der Waals surface area (Å²) < 4.78 is 2.19. The summed E-state index contributed by atoms with van der Waals surface area (Å²) in [6.07, 6.45) is 10.1. The number of amides is 1. The second-order valence-electron chi connectivity index (χ2n) is 7.03. The summed E-state index contributed by atoms with van der Waals surface area (Å²) in [6.45, 7) is 5.71. The number of carbonyl (C=O) groups excluding carboxylic acids is 1. The molecule has 0 aliphatic carbocycles. The van der Waals surface area contributed by atoms with Crippen molar-refractivity contribution in [1.29, 1.82) is 0 Å². The van der Waals surface area contributed by atoms with Crippen LogP contribution in [0, 0.1) is 6.92 Å². The van der Waals surface area contributed by atoms with Gasteiger partial charge >= 0.3 is 0 Å². The number of pyridine rings is 1. The highest BCUT2D eigenvalue weighted by atomic mass is 16.2. The number of aromatic nitrogens is 3. The summed E-state index contributed by atoms with van der Waals surface area (Å²) in [5, 5.41) is 0. The SMILES string of the molecule is Cc1nccn1C1CCCN(C(=O)c2ccc(N3CCCC3)nc2)C1. The Kier molecular flexibility index (Phi) is 4.42. The lowest BCUT2D eigenvalue weighted by Crippen LogP contribution is -2.40. The Morgan fingerprint density at radius 3 is 2.64 bits per heavy atom. The summed E-state index contributed by atoms with van der Waals surface area (Å²) in [6, 6.07) is 4.23. The van der Waals surface area contributed by atoms with Crippen LogP contribution in [0.25, 0.3) is 0 Å². The summed E-state index contributed by atoms with van der Waals surface area (Å²) in [4.78, 5) is 26.0. The number of imidazole rings is 1. The fraction of sp³-hybridized carbons (Fsp3) is 0.526. The number of piperidine rings is 1. The van der Waals surface area contributed by atoms with E-state index in [1.165, 1.54) is 12.8 Å². The van der Waals surface area contributed by atoms with E-state index in [1.807, 2.05) is 36.4 Å². The predicted octanol–water partition coefficient (Wildman–Crippen LogP) is 2.66. The minimum Gasteiger partial charge on any atom is -0.357 e. The number of hydrogen-bond donors (Lipinski definition) is 0. The van der Waals surface area contributed by atoms with Gasteiger partial charge in [-0.2, -0.15) is 0 Å². The number of anilines is 1. The summed E-state index contributed by atoms with van der Waals surface area (Å²) in [5.74, 6) is 2.08. The van der Waals surface area contributed by atoms with Gasteiger partial charge < -0.3 is 14.4 Å². The van der Waals surface area contributed by atoms with Crippen LogP contribution in [-0.4, -0.2) is 51.5 Å². The molecule has 4 rings (SSSR count). The zero-order valence-corrected chi connectivity index (χ0v) is 14.8. The molecule has 0 aromatic carbocycles. The van der Waals surface area contributed by atoms with Gasteiger partial charge in [0.15, 0.2) is 0 Å². The van der Waals surface area contributed by atoms with E-state index in [2.05, 4.69) is 19.4 Å². The van der Waals surface area contributed by atoms with Gasteiger partial charge in [0.2, 0.25) is 0 Å². The minimum absolute atomic E-state index is 0.0861. The van der Waals surface area contributed by atoms with E-state index < -0.39 is 0 Å². The highest BCUT2D eigenvalue weighted by Gasteiger charge is 2.26. The van der Waals surface area contributed by atoms with E-state index in [0.29, 0.717) is 11.6 Å². The number of carbonyl (C=O) groups is 1. The molecule has 0 radical (unpaired) electrons. The summed E-state index contributed by atoms with van der Waals surface area (Å²) in [5.41, 5.74) is 0.686. The predicted molar refractivity (Wildman–Crippen MR) is 96.8 cm³/mol. The van der Waals surface area contributed by atoms with Gasteiger partial charge in [0, 0.05) is 44.8 Å². The van der Waals surface area contributed by atoms with Crippen LogP contribution in [0.2, 0.25) is 0 Å². The molecule has 1 atom stereocenters. The third kappa shape index (κ3) is 3.25. The molecule has 25 heavy (non-hydrogen) atoms. The molecule has 6 nitrogen and oxygen atoms in total. The van der Waals surface area contributed by atoms with Crippen molar-refractivity contribution in [1.82, 2.24) is 19.4 Å². The second-order valence-corrected chi connectivity index (χ2v) is 7.03. The summed E-state index contributed by atoms with van der Waals surface area (Å²) >= 11 is 0. The van der Waals surface area contributed by atoms with Crippen molar-refractivity contribution in [2.45, 2.75) is 38.6 Å². The Morgan fingerprint density at radius 1 is 1.12 bits per heavy atom. The fourth-order valence-corrected chi connectivity index (χ4v) is 3.97. The molecule has 1 amide bonds. The molecule has 2 aliphatic rings. The van der Waals surface area contributed by atoms with Gasteiger partial charge in [0.05, 0.1) is 11.6 Å². The minimum atomic E-state index is 0.0861. The lowest BCUT2D eigenvalue weighted by Gasteiger charge is -2.34. The molecule has 2 aromatic rings. The lowest BCUT2D eigenvalue weighted by molar-refractivity contribution is 0.0678. The molecule has 1 unspecified atom stereocenters. The summed E-state index contributed by atoms with van der Waals surface area (Å²) in [7, 11) is 0. The van der Waals surface area contributed by atoms with Crippen LogP contribution < -0.4 is 4.90 Å². The van der Waals surface area contributed by atoms with Crippen molar-refractivity contribution in [3.05, 3.63) is 42.1 Å². The maximum absolute atomic E-state index is 12.9. The smallest absolute Gasteiger partial charge is 0.255 e. The number of nitrogens with zero attached hydrogens (tertiary/aromatic N) is 5.